The maximum absolute atomic E-state index is 7.19. The summed E-state index contributed by atoms with van der Waals surface area (Å²) in [7, 11) is 0. The van der Waals surface area contributed by atoms with Crippen LogP contribution in [0.3, 0.4) is 0 Å². The fraction of sp³-hybridized carbons (Fsp3) is 0.345. The Hall–Kier alpha value is -5.26. The molecule has 0 spiro atoms. The van der Waals surface area contributed by atoms with Gasteiger partial charge in [-0.25, -0.2) is 0 Å². The fourth-order valence-electron chi connectivity index (χ4n) is 11.7. The largest absolute Gasteiger partial charge is 0.486 e. The molecule has 0 amide bonds. The lowest BCUT2D eigenvalue weighted by Crippen LogP contribution is -2.60. The molecule has 1 fully saturated rings. The number of hydrogen-bond acceptors (Lipinski definition) is 4. The lowest BCUT2D eigenvalue weighted by Gasteiger charge is -2.44. The van der Waals surface area contributed by atoms with Gasteiger partial charge in [0, 0.05) is 59.7 Å². The number of fused-ring (bicyclic) bond motifs is 9. The fourth-order valence-corrected chi connectivity index (χ4v) is 13.0. The molecule has 2 unspecified atom stereocenters. The van der Waals surface area contributed by atoms with Crippen molar-refractivity contribution in [3.05, 3.63) is 154 Å². The minimum atomic E-state index is -0.209. The molecule has 0 N–H and O–H groups in total. The van der Waals surface area contributed by atoms with E-state index in [-0.39, 0.29) is 34.0 Å². The predicted molar refractivity (Wildman–Crippen MR) is 272 cm³/mol. The topological polar surface area (TPSA) is 15.7 Å². The van der Waals surface area contributed by atoms with Gasteiger partial charge >= 0.3 is 0 Å². The summed E-state index contributed by atoms with van der Waals surface area (Å²) in [6, 6.07) is 44.8. The standard InChI is InChI=1S/C58H61BN2OS/c1-35-29-47-51-48(30-35)61(45-25-21-39(31-36(45)2)54(3,4)5)46-33-43-49(62-58(12)28-16-27-57(43,58)11)34-44(46)59(51)53-52(42-32-40(55(6,7)8)22-26-50(42)63-53)60(47)41-23-19-38(20-24-41)56(9,10)37-17-14-13-15-18-37/h13-15,17-26,29-34H,16,27-28H2,1-12H3. The van der Waals surface area contributed by atoms with Crippen LogP contribution in [0.1, 0.15) is 127 Å². The molecule has 1 aromatic heterocycles. The third-order valence-corrected chi connectivity index (χ3v) is 17.1. The molecule has 2 atom stereocenters. The van der Waals surface area contributed by atoms with Crippen molar-refractivity contribution in [3.63, 3.8) is 0 Å². The van der Waals surface area contributed by atoms with Crippen molar-refractivity contribution in [2.24, 2.45) is 0 Å². The molecule has 3 aliphatic heterocycles. The maximum Gasteiger partial charge on any atom is 0.264 e. The number of hydrogen-bond donors (Lipinski definition) is 0. The van der Waals surface area contributed by atoms with Crippen LogP contribution in [0.25, 0.3) is 10.1 Å². The van der Waals surface area contributed by atoms with Crippen LogP contribution in [0.2, 0.25) is 0 Å². The number of nitrogens with zero attached hydrogens (tertiary/aromatic N) is 2. The Labute approximate surface area is 380 Å². The monoisotopic (exact) mass is 844 g/mol. The Morgan fingerprint density at radius 3 is 1.94 bits per heavy atom. The van der Waals surface area contributed by atoms with Gasteiger partial charge in [0.2, 0.25) is 0 Å². The van der Waals surface area contributed by atoms with E-state index in [2.05, 4.69) is 208 Å². The highest BCUT2D eigenvalue weighted by atomic mass is 32.1. The van der Waals surface area contributed by atoms with Crippen molar-refractivity contribution < 1.29 is 4.74 Å². The third kappa shape index (κ3) is 5.83. The molecule has 0 bridgehead atoms. The second-order valence-electron chi connectivity index (χ2n) is 22.3. The molecule has 4 heterocycles. The molecular formula is C58H61BN2OS. The third-order valence-electron chi connectivity index (χ3n) is 15.8. The zero-order valence-electron chi connectivity index (χ0n) is 39.4. The minimum absolute atomic E-state index is 0.00928. The minimum Gasteiger partial charge on any atom is -0.486 e. The summed E-state index contributed by atoms with van der Waals surface area (Å²) in [5, 5.41) is 1.33. The molecule has 7 aromatic rings. The highest BCUT2D eigenvalue weighted by Crippen LogP contribution is 2.59. The quantitative estimate of drug-likeness (QED) is 0.164. The van der Waals surface area contributed by atoms with Crippen molar-refractivity contribution in [1.82, 2.24) is 0 Å². The van der Waals surface area contributed by atoms with E-state index in [0.29, 0.717) is 0 Å². The van der Waals surface area contributed by atoms with Crippen LogP contribution in [0.5, 0.6) is 5.75 Å². The van der Waals surface area contributed by atoms with E-state index < -0.39 is 0 Å². The van der Waals surface area contributed by atoms with Gasteiger partial charge in [-0.3, -0.25) is 0 Å². The first-order valence-corrected chi connectivity index (χ1v) is 24.1. The Bertz CT molecular complexity index is 3020. The van der Waals surface area contributed by atoms with E-state index in [4.69, 9.17) is 4.74 Å². The molecule has 6 aromatic carbocycles. The Kier molecular flexibility index (Phi) is 8.61. The average molecular weight is 845 g/mol. The van der Waals surface area contributed by atoms with Crippen LogP contribution >= 0.6 is 11.3 Å². The molecule has 0 radical (unpaired) electrons. The van der Waals surface area contributed by atoms with Gasteiger partial charge in [0.1, 0.15) is 11.4 Å². The van der Waals surface area contributed by atoms with E-state index in [0.717, 1.165) is 18.6 Å². The van der Waals surface area contributed by atoms with Gasteiger partial charge in [-0.05, 0) is 150 Å². The molecule has 11 rings (SSSR count). The van der Waals surface area contributed by atoms with Gasteiger partial charge in [0.15, 0.2) is 0 Å². The predicted octanol–water partition coefficient (Wildman–Crippen LogP) is 14.1. The smallest absolute Gasteiger partial charge is 0.264 e. The van der Waals surface area contributed by atoms with Crippen molar-refractivity contribution in [2.75, 3.05) is 9.80 Å². The number of rotatable bonds is 4. The number of aryl methyl sites for hydroxylation is 2. The van der Waals surface area contributed by atoms with Crippen LogP contribution in [-0.4, -0.2) is 12.3 Å². The molecule has 0 saturated heterocycles. The molecule has 3 nitrogen and oxygen atoms in total. The SMILES string of the molecule is Cc1cc2c3c(c1)N(c1ccc(C(C)(C)c4ccccc4)cc1)c1c(sc4ccc(C(C)(C)C)cc14)B3c1cc3c(cc1N2c1ccc(C(C)(C)C)cc1C)C1(C)CCCC1(C)O3. The first-order valence-electron chi connectivity index (χ1n) is 23.2. The van der Waals surface area contributed by atoms with E-state index in [1.807, 2.05) is 11.3 Å². The highest BCUT2D eigenvalue weighted by molar-refractivity contribution is 7.33. The summed E-state index contributed by atoms with van der Waals surface area (Å²) in [4.78, 5) is 5.25. The van der Waals surface area contributed by atoms with Crippen molar-refractivity contribution in [2.45, 2.75) is 130 Å². The molecule has 1 saturated carbocycles. The number of benzene rings is 6. The van der Waals surface area contributed by atoms with Crippen molar-refractivity contribution in [1.29, 1.82) is 0 Å². The van der Waals surface area contributed by atoms with Crippen LogP contribution in [0.15, 0.2) is 115 Å². The molecule has 63 heavy (non-hydrogen) atoms. The molecule has 1 aliphatic carbocycles. The lowest BCUT2D eigenvalue weighted by atomic mass is 9.36. The second-order valence-corrected chi connectivity index (χ2v) is 23.4. The summed E-state index contributed by atoms with van der Waals surface area (Å²) in [6.07, 6.45) is 3.42. The van der Waals surface area contributed by atoms with Gasteiger partial charge in [-0.1, -0.05) is 123 Å². The van der Waals surface area contributed by atoms with Crippen molar-refractivity contribution in [3.8, 4) is 5.75 Å². The van der Waals surface area contributed by atoms with Gasteiger partial charge in [-0.2, -0.15) is 0 Å². The first-order chi connectivity index (χ1) is 29.8. The highest BCUT2D eigenvalue weighted by Gasteiger charge is 2.58. The summed E-state index contributed by atoms with van der Waals surface area (Å²) in [5.41, 5.74) is 19.2. The van der Waals surface area contributed by atoms with E-state index in [1.54, 1.807) is 0 Å². The van der Waals surface area contributed by atoms with Gasteiger partial charge in [0.25, 0.3) is 6.71 Å². The lowest BCUT2D eigenvalue weighted by molar-refractivity contribution is 0.0677. The maximum atomic E-state index is 7.19. The van der Waals surface area contributed by atoms with Gasteiger partial charge in [0.05, 0.1) is 5.69 Å². The van der Waals surface area contributed by atoms with Crippen LogP contribution < -0.4 is 30.2 Å². The molecule has 4 aliphatic rings. The van der Waals surface area contributed by atoms with Crippen LogP contribution in [-0.2, 0) is 21.7 Å². The Balaban J connectivity index is 1.21. The Morgan fingerprint density at radius 1 is 0.619 bits per heavy atom. The number of anilines is 6. The van der Waals surface area contributed by atoms with E-state index in [9.17, 15) is 0 Å². The zero-order chi connectivity index (χ0) is 44.2. The van der Waals surface area contributed by atoms with Gasteiger partial charge < -0.3 is 14.5 Å². The van der Waals surface area contributed by atoms with E-state index >= 15 is 0 Å². The zero-order valence-corrected chi connectivity index (χ0v) is 40.2. The summed E-state index contributed by atoms with van der Waals surface area (Å²) in [6.45, 7) is 28.1. The average Bonchev–Trinajstić information content (AvgIpc) is 3.83. The van der Waals surface area contributed by atoms with Gasteiger partial charge in [-0.15, -0.1) is 11.3 Å². The Morgan fingerprint density at radius 2 is 1.25 bits per heavy atom. The molecular weight excluding hydrogens is 784 g/mol. The summed E-state index contributed by atoms with van der Waals surface area (Å²) < 4.78 is 9.92. The normalized spacial score (nSPS) is 20.0. The van der Waals surface area contributed by atoms with Crippen molar-refractivity contribution >= 4 is 78.0 Å². The molecule has 5 heteroatoms. The second kappa shape index (κ2) is 13.4. The number of thiophene rings is 1. The summed E-state index contributed by atoms with van der Waals surface area (Å²) >= 11 is 1.98. The number of ether oxygens (including phenoxy) is 1. The summed E-state index contributed by atoms with van der Waals surface area (Å²) in [5.74, 6) is 1.08. The first kappa shape index (κ1) is 40.5. The van der Waals surface area contributed by atoms with E-state index in [1.165, 1.54) is 105 Å². The van der Waals surface area contributed by atoms with Crippen LogP contribution in [0.4, 0.5) is 34.1 Å². The molecule has 318 valence electrons. The van der Waals surface area contributed by atoms with Crippen LogP contribution in [0, 0.1) is 13.8 Å².